The van der Waals surface area contributed by atoms with Gasteiger partial charge in [-0.15, -0.1) is 0 Å². The van der Waals surface area contributed by atoms with E-state index in [0.29, 0.717) is 17.5 Å². The molecule has 0 spiro atoms. The smallest absolute Gasteiger partial charge is 0.0705 e. The molecule has 2 saturated carbocycles. The van der Waals surface area contributed by atoms with E-state index in [4.69, 9.17) is 4.98 Å². The number of pyridine rings is 1. The van der Waals surface area contributed by atoms with Gasteiger partial charge in [-0.3, -0.25) is 4.98 Å². The highest BCUT2D eigenvalue weighted by Gasteiger charge is 2.68. The summed E-state index contributed by atoms with van der Waals surface area (Å²) >= 11 is 0. The molecular weight excluding hydrogens is 441 g/mol. The molecule has 0 aliphatic heterocycles. The highest BCUT2D eigenvalue weighted by molar-refractivity contribution is 7.73. The first-order valence-electron chi connectivity index (χ1n) is 12.9. The van der Waals surface area contributed by atoms with Crippen molar-refractivity contribution in [3.05, 3.63) is 115 Å². The minimum Gasteiger partial charge on any atom is -0.253 e. The molecule has 0 amide bonds. The third-order valence-corrected chi connectivity index (χ3v) is 12.3. The van der Waals surface area contributed by atoms with Crippen molar-refractivity contribution in [2.45, 2.75) is 45.2 Å². The van der Waals surface area contributed by atoms with E-state index in [1.54, 1.807) is 0 Å². The maximum Gasteiger partial charge on any atom is 0.0705 e. The van der Waals surface area contributed by atoms with Crippen molar-refractivity contribution in [2.75, 3.05) is 0 Å². The summed E-state index contributed by atoms with van der Waals surface area (Å²) in [5.74, 6) is 1.12. The number of rotatable bonds is 5. The van der Waals surface area contributed by atoms with E-state index in [9.17, 15) is 0 Å². The number of aromatic nitrogens is 1. The van der Waals surface area contributed by atoms with Crippen molar-refractivity contribution >= 4 is 18.5 Å². The van der Waals surface area contributed by atoms with Gasteiger partial charge in [0.05, 0.1) is 5.69 Å². The Morgan fingerprint density at radius 2 is 1.26 bits per heavy atom. The second kappa shape index (κ2) is 8.72. The van der Waals surface area contributed by atoms with Crippen LogP contribution in [0.4, 0.5) is 0 Å². The van der Waals surface area contributed by atoms with Crippen molar-refractivity contribution < 1.29 is 0 Å². The minimum absolute atomic E-state index is 0.231. The fourth-order valence-electron chi connectivity index (χ4n) is 7.22. The van der Waals surface area contributed by atoms with Crippen molar-refractivity contribution in [1.82, 2.24) is 4.98 Å². The molecule has 1 nitrogen and oxygen atoms in total. The van der Waals surface area contributed by atoms with Crippen molar-refractivity contribution in [1.29, 1.82) is 0 Å². The van der Waals surface area contributed by atoms with Crippen LogP contribution in [0.1, 0.15) is 45.2 Å². The van der Waals surface area contributed by atoms with Crippen LogP contribution >= 0.6 is 7.92 Å². The Balaban J connectivity index is 1.54. The molecule has 0 unspecified atom stereocenters. The van der Waals surface area contributed by atoms with Crippen LogP contribution in [0, 0.1) is 16.7 Å². The first-order chi connectivity index (χ1) is 17.0. The van der Waals surface area contributed by atoms with E-state index in [-0.39, 0.29) is 10.8 Å². The van der Waals surface area contributed by atoms with E-state index in [2.05, 4.69) is 130 Å². The number of hydrogen-bond donors (Lipinski definition) is 0. The fraction of sp³-hybridized carbons (Fsp3) is 0.303. The monoisotopic (exact) mass is 475 g/mol. The molecule has 2 fully saturated rings. The first kappa shape index (κ1) is 22.7. The summed E-state index contributed by atoms with van der Waals surface area (Å²) in [4.78, 5) is 5.38. The SMILES string of the molecule is CC1(C)[C@@H]2CC[C@@]1(C)[C@@H](c1cccc(-c3ccccc3)n1)[C@@H]2P(c1ccccc1)c1ccccc1. The van der Waals surface area contributed by atoms with Gasteiger partial charge in [-0.1, -0.05) is 118 Å². The second-order valence-corrected chi connectivity index (χ2v) is 13.5. The van der Waals surface area contributed by atoms with Gasteiger partial charge in [0.1, 0.15) is 0 Å². The summed E-state index contributed by atoms with van der Waals surface area (Å²) in [6.07, 6.45) is 2.61. The largest absolute Gasteiger partial charge is 0.253 e. The molecule has 0 N–H and O–H groups in total. The van der Waals surface area contributed by atoms with E-state index < -0.39 is 7.92 Å². The van der Waals surface area contributed by atoms with Gasteiger partial charge in [-0.2, -0.15) is 0 Å². The zero-order valence-corrected chi connectivity index (χ0v) is 21.8. The normalized spacial score (nSPS) is 26.8. The van der Waals surface area contributed by atoms with Gasteiger partial charge in [-0.05, 0) is 65.9 Å². The second-order valence-electron chi connectivity index (χ2n) is 11.1. The number of nitrogens with zero attached hydrogens (tertiary/aromatic N) is 1. The lowest BCUT2D eigenvalue weighted by atomic mass is 9.66. The van der Waals surface area contributed by atoms with E-state index >= 15 is 0 Å². The third-order valence-electron chi connectivity index (χ3n) is 9.34. The van der Waals surface area contributed by atoms with Gasteiger partial charge < -0.3 is 0 Å². The molecular formula is C33H34NP. The fourth-order valence-corrected chi connectivity index (χ4v) is 10.9. The predicted octanol–water partition coefficient (Wildman–Crippen LogP) is 7.79. The molecule has 2 aliphatic rings. The molecule has 4 atom stereocenters. The van der Waals surface area contributed by atoms with Crippen molar-refractivity contribution in [3.63, 3.8) is 0 Å². The summed E-state index contributed by atoms with van der Waals surface area (Å²) < 4.78 is 0. The standard InChI is InChI=1S/C33H34NP/c1-32(2)27-22-23-33(32,3)30(29-21-13-20-28(34-29)24-14-7-4-8-15-24)31(27)35(25-16-9-5-10-17-25)26-18-11-6-12-19-26/h4-21,27,30-31H,22-23H2,1-3H3/t27-,30+,31-,33+/m1/s1. The van der Waals surface area contributed by atoms with Crippen LogP contribution < -0.4 is 10.6 Å². The topological polar surface area (TPSA) is 12.9 Å². The summed E-state index contributed by atoms with van der Waals surface area (Å²) in [6, 6.07) is 40.0. The lowest BCUT2D eigenvalue weighted by Gasteiger charge is -2.42. The third kappa shape index (κ3) is 3.59. The summed E-state index contributed by atoms with van der Waals surface area (Å²) in [5.41, 5.74) is 4.66. The lowest BCUT2D eigenvalue weighted by Crippen LogP contribution is -2.35. The lowest BCUT2D eigenvalue weighted by molar-refractivity contribution is 0.133. The number of hydrogen-bond acceptors (Lipinski definition) is 1. The molecule has 2 aliphatic carbocycles. The van der Waals surface area contributed by atoms with Gasteiger partial charge in [0.2, 0.25) is 0 Å². The zero-order chi connectivity index (χ0) is 24.0. The van der Waals surface area contributed by atoms with Crippen LogP contribution in [-0.4, -0.2) is 10.6 Å². The molecule has 2 heteroatoms. The van der Waals surface area contributed by atoms with Crippen LogP contribution in [0.15, 0.2) is 109 Å². The van der Waals surface area contributed by atoms with Crippen LogP contribution in [0.5, 0.6) is 0 Å². The number of fused-ring (bicyclic) bond motifs is 2. The Morgan fingerprint density at radius 1 is 0.686 bits per heavy atom. The predicted molar refractivity (Wildman–Crippen MR) is 150 cm³/mol. The molecule has 176 valence electrons. The van der Waals surface area contributed by atoms with E-state index in [1.165, 1.54) is 34.7 Å². The average molecular weight is 476 g/mol. The van der Waals surface area contributed by atoms with Crippen LogP contribution in [0.3, 0.4) is 0 Å². The van der Waals surface area contributed by atoms with Gasteiger partial charge >= 0.3 is 0 Å². The average Bonchev–Trinajstić information content (AvgIpc) is 3.23. The van der Waals surface area contributed by atoms with Crippen LogP contribution in [-0.2, 0) is 0 Å². The van der Waals surface area contributed by atoms with E-state index in [0.717, 1.165) is 5.69 Å². The molecule has 2 bridgehead atoms. The summed E-state index contributed by atoms with van der Waals surface area (Å²) in [5, 5.41) is 2.99. The Hall–Kier alpha value is -2.76. The molecule has 35 heavy (non-hydrogen) atoms. The molecule has 3 aromatic carbocycles. The molecule has 4 aromatic rings. The van der Waals surface area contributed by atoms with Crippen molar-refractivity contribution in [2.24, 2.45) is 16.7 Å². The Morgan fingerprint density at radius 3 is 1.86 bits per heavy atom. The van der Waals surface area contributed by atoms with Crippen molar-refractivity contribution in [3.8, 4) is 11.3 Å². The Kier molecular flexibility index (Phi) is 5.65. The van der Waals surface area contributed by atoms with Crippen LogP contribution in [0.25, 0.3) is 11.3 Å². The van der Waals surface area contributed by atoms with Gasteiger partial charge in [0.25, 0.3) is 0 Å². The molecule has 0 radical (unpaired) electrons. The molecule has 1 heterocycles. The first-order valence-corrected chi connectivity index (χ1v) is 14.3. The van der Waals surface area contributed by atoms with Gasteiger partial charge in [0, 0.05) is 17.2 Å². The maximum absolute atomic E-state index is 5.38. The number of benzene rings is 3. The highest BCUT2D eigenvalue weighted by atomic mass is 31.1. The van der Waals surface area contributed by atoms with Crippen LogP contribution in [0.2, 0.25) is 0 Å². The minimum atomic E-state index is -0.524. The molecule has 6 rings (SSSR count). The van der Waals surface area contributed by atoms with Gasteiger partial charge in [0.15, 0.2) is 0 Å². The van der Waals surface area contributed by atoms with E-state index in [1.807, 2.05) is 0 Å². The summed E-state index contributed by atoms with van der Waals surface area (Å²) in [6.45, 7) is 7.66. The quantitative estimate of drug-likeness (QED) is 0.269. The maximum atomic E-state index is 5.38. The highest BCUT2D eigenvalue weighted by Crippen LogP contribution is 2.76. The zero-order valence-electron chi connectivity index (χ0n) is 20.9. The van der Waals surface area contributed by atoms with Gasteiger partial charge in [-0.25, -0.2) is 0 Å². The Bertz CT molecular complexity index is 1260. The molecule has 1 aromatic heterocycles. The summed E-state index contributed by atoms with van der Waals surface area (Å²) in [7, 11) is -0.524. The Labute approximate surface area is 211 Å². The molecule has 0 saturated heterocycles.